The Morgan fingerprint density at radius 3 is 2.38 bits per heavy atom. The number of rotatable bonds is 7. The highest BCUT2D eigenvalue weighted by molar-refractivity contribution is 5.34. The average Bonchev–Trinajstić information content (AvgIpc) is 2.99. The van der Waals surface area contributed by atoms with Crippen LogP contribution < -0.4 is 11.1 Å². The molecule has 2 rings (SSSR count). The first-order chi connectivity index (χ1) is 12.0. The van der Waals surface area contributed by atoms with Crippen molar-refractivity contribution in [2.75, 3.05) is 13.1 Å². The number of nitrogens with one attached hydrogen (secondary N) is 1. The zero-order valence-electron chi connectivity index (χ0n) is 17.3. The maximum Gasteiger partial charge on any atom is 0.173 e. The Morgan fingerprint density at radius 2 is 1.81 bits per heavy atom. The van der Waals surface area contributed by atoms with Crippen molar-refractivity contribution in [3.63, 3.8) is 0 Å². The van der Waals surface area contributed by atoms with E-state index in [4.69, 9.17) is 5.73 Å². The van der Waals surface area contributed by atoms with Gasteiger partial charge < -0.3 is 11.1 Å². The van der Waals surface area contributed by atoms with Gasteiger partial charge in [-0.15, -0.1) is 5.10 Å². The van der Waals surface area contributed by atoms with Crippen molar-refractivity contribution in [1.82, 2.24) is 25.5 Å². The minimum Gasteiger partial charge on any atom is -0.329 e. The van der Waals surface area contributed by atoms with Crippen molar-refractivity contribution < 1.29 is 0 Å². The molecule has 1 unspecified atom stereocenters. The SMILES string of the molecule is Cc1ccc(C(NCCN)c2nnnn2C(C)(C)CC(C)(C)C)cc1C. The fourth-order valence-electron chi connectivity index (χ4n) is 3.71. The average molecular weight is 359 g/mol. The highest BCUT2D eigenvalue weighted by atomic mass is 15.6. The summed E-state index contributed by atoms with van der Waals surface area (Å²) in [6.45, 7) is 16.6. The van der Waals surface area contributed by atoms with Gasteiger partial charge in [-0.25, -0.2) is 4.68 Å². The van der Waals surface area contributed by atoms with Crippen molar-refractivity contribution in [3.8, 4) is 0 Å². The van der Waals surface area contributed by atoms with E-state index in [1.807, 2.05) is 4.68 Å². The van der Waals surface area contributed by atoms with E-state index in [0.717, 1.165) is 17.8 Å². The Balaban J connectivity index is 2.47. The monoisotopic (exact) mass is 358 g/mol. The molecule has 0 bridgehead atoms. The summed E-state index contributed by atoms with van der Waals surface area (Å²) in [5.41, 5.74) is 9.42. The van der Waals surface area contributed by atoms with Crippen LogP contribution >= 0.6 is 0 Å². The third-order valence-corrected chi connectivity index (χ3v) is 4.65. The Hall–Kier alpha value is -1.79. The van der Waals surface area contributed by atoms with Crippen LogP contribution in [0, 0.1) is 19.3 Å². The molecule has 0 amide bonds. The Morgan fingerprint density at radius 1 is 1.12 bits per heavy atom. The summed E-state index contributed by atoms with van der Waals surface area (Å²) < 4.78 is 1.97. The van der Waals surface area contributed by atoms with Crippen LogP contribution in [-0.4, -0.2) is 33.3 Å². The third-order valence-electron chi connectivity index (χ3n) is 4.65. The molecule has 0 fully saturated rings. The normalized spacial score (nSPS) is 13.8. The number of nitrogens with two attached hydrogens (primary N) is 1. The van der Waals surface area contributed by atoms with Crippen molar-refractivity contribution in [2.45, 2.75) is 66.5 Å². The van der Waals surface area contributed by atoms with Gasteiger partial charge in [-0.05, 0) is 66.6 Å². The predicted octanol–water partition coefficient (Wildman–Crippen LogP) is 3.10. The molecule has 6 heteroatoms. The number of hydrogen-bond donors (Lipinski definition) is 2. The summed E-state index contributed by atoms with van der Waals surface area (Å²) >= 11 is 0. The van der Waals surface area contributed by atoms with Gasteiger partial charge in [0.05, 0.1) is 11.6 Å². The van der Waals surface area contributed by atoms with E-state index < -0.39 is 0 Å². The second kappa shape index (κ2) is 7.84. The van der Waals surface area contributed by atoms with Crippen LogP contribution in [0.2, 0.25) is 0 Å². The van der Waals surface area contributed by atoms with Gasteiger partial charge in [0, 0.05) is 13.1 Å². The molecule has 0 aliphatic heterocycles. The molecule has 144 valence electrons. The van der Waals surface area contributed by atoms with Crippen molar-refractivity contribution in [3.05, 3.63) is 40.7 Å². The molecule has 1 heterocycles. The van der Waals surface area contributed by atoms with Crippen molar-refractivity contribution >= 4 is 0 Å². The zero-order valence-corrected chi connectivity index (χ0v) is 17.3. The lowest BCUT2D eigenvalue weighted by atomic mass is 9.81. The third kappa shape index (κ3) is 4.89. The van der Waals surface area contributed by atoms with Crippen molar-refractivity contribution in [2.24, 2.45) is 11.1 Å². The molecule has 0 aliphatic carbocycles. The number of benzene rings is 1. The van der Waals surface area contributed by atoms with Crippen molar-refractivity contribution in [1.29, 1.82) is 0 Å². The van der Waals surface area contributed by atoms with Gasteiger partial charge in [-0.3, -0.25) is 0 Å². The van der Waals surface area contributed by atoms with E-state index in [2.05, 4.69) is 87.5 Å². The minimum absolute atomic E-state index is 0.0907. The van der Waals surface area contributed by atoms with Crippen LogP contribution in [0.3, 0.4) is 0 Å². The molecule has 2 aromatic rings. The molecule has 1 aromatic heterocycles. The van der Waals surface area contributed by atoms with E-state index >= 15 is 0 Å². The molecule has 3 N–H and O–H groups in total. The van der Waals surface area contributed by atoms with Gasteiger partial charge in [0.25, 0.3) is 0 Å². The molecular weight excluding hydrogens is 324 g/mol. The van der Waals surface area contributed by atoms with E-state index in [-0.39, 0.29) is 17.0 Å². The fourth-order valence-corrected chi connectivity index (χ4v) is 3.71. The van der Waals surface area contributed by atoms with Gasteiger partial charge in [0.2, 0.25) is 0 Å². The minimum atomic E-state index is -0.195. The first-order valence-electron chi connectivity index (χ1n) is 9.34. The van der Waals surface area contributed by atoms with Gasteiger partial charge in [0.15, 0.2) is 5.82 Å². The topological polar surface area (TPSA) is 81.7 Å². The molecule has 0 saturated heterocycles. The molecule has 0 spiro atoms. The second-order valence-corrected chi connectivity index (χ2v) is 9.02. The number of tetrazole rings is 1. The lowest BCUT2D eigenvalue weighted by molar-refractivity contribution is 0.188. The van der Waals surface area contributed by atoms with E-state index in [9.17, 15) is 0 Å². The maximum absolute atomic E-state index is 5.75. The largest absolute Gasteiger partial charge is 0.329 e. The summed E-state index contributed by atoms with van der Waals surface area (Å²) in [5, 5.41) is 16.3. The Kier molecular flexibility index (Phi) is 6.19. The number of hydrogen-bond acceptors (Lipinski definition) is 5. The van der Waals surface area contributed by atoms with Gasteiger partial charge in [0.1, 0.15) is 0 Å². The number of nitrogens with zero attached hydrogens (tertiary/aromatic N) is 4. The fraction of sp³-hybridized carbons (Fsp3) is 0.650. The quantitative estimate of drug-likeness (QED) is 0.795. The summed E-state index contributed by atoms with van der Waals surface area (Å²) in [7, 11) is 0. The number of aromatic nitrogens is 4. The van der Waals surface area contributed by atoms with E-state index in [1.54, 1.807) is 0 Å². The highest BCUT2D eigenvalue weighted by Gasteiger charge is 2.33. The molecule has 0 aliphatic rings. The first-order valence-corrected chi connectivity index (χ1v) is 9.34. The number of aryl methyl sites for hydroxylation is 2. The summed E-state index contributed by atoms with van der Waals surface area (Å²) in [6.07, 6.45) is 0.967. The Bertz CT molecular complexity index is 726. The molecule has 6 nitrogen and oxygen atoms in total. The van der Waals surface area contributed by atoms with Crippen LogP contribution in [0.5, 0.6) is 0 Å². The summed E-state index contributed by atoms with van der Waals surface area (Å²) in [4.78, 5) is 0. The Labute approximate surface area is 157 Å². The molecule has 26 heavy (non-hydrogen) atoms. The molecule has 1 aromatic carbocycles. The lowest BCUT2D eigenvalue weighted by Gasteiger charge is -2.34. The lowest BCUT2D eigenvalue weighted by Crippen LogP contribution is -2.37. The van der Waals surface area contributed by atoms with Crippen LogP contribution in [-0.2, 0) is 5.54 Å². The molecule has 1 atom stereocenters. The van der Waals surface area contributed by atoms with Gasteiger partial charge in [-0.2, -0.15) is 0 Å². The highest BCUT2D eigenvalue weighted by Crippen LogP contribution is 2.34. The van der Waals surface area contributed by atoms with Crippen LogP contribution in [0.15, 0.2) is 18.2 Å². The van der Waals surface area contributed by atoms with Crippen LogP contribution in [0.1, 0.15) is 69.6 Å². The maximum atomic E-state index is 5.75. The molecule has 0 saturated carbocycles. The first kappa shape index (κ1) is 20.5. The summed E-state index contributed by atoms with van der Waals surface area (Å²) in [5.74, 6) is 0.830. The standard InChI is InChI=1S/C20H34N6/c1-14-8-9-16(12-15(14)2)17(22-11-10-21)18-23-24-25-26(18)20(6,7)13-19(3,4)5/h8-9,12,17,22H,10-11,13,21H2,1-7H3. The molecule has 0 radical (unpaired) electrons. The molecular formula is C20H34N6. The zero-order chi connectivity index (χ0) is 19.5. The van der Waals surface area contributed by atoms with Crippen LogP contribution in [0.4, 0.5) is 0 Å². The summed E-state index contributed by atoms with van der Waals surface area (Å²) in [6, 6.07) is 6.41. The van der Waals surface area contributed by atoms with E-state index in [0.29, 0.717) is 13.1 Å². The second-order valence-electron chi connectivity index (χ2n) is 9.02. The predicted molar refractivity (Wildman–Crippen MR) is 106 cm³/mol. The smallest absolute Gasteiger partial charge is 0.173 e. The van der Waals surface area contributed by atoms with E-state index in [1.165, 1.54) is 11.1 Å². The van der Waals surface area contributed by atoms with Gasteiger partial charge >= 0.3 is 0 Å². The van der Waals surface area contributed by atoms with Crippen LogP contribution in [0.25, 0.3) is 0 Å². The van der Waals surface area contributed by atoms with Gasteiger partial charge in [-0.1, -0.05) is 39.0 Å².